The van der Waals surface area contributed by atoms with Crippen molar-refractivity contribution in [2.24, 2.45) is 10.9 Å². The van der Waals surface area contributed by atoms with E-state index in [1.807, 2.05) is 19.9 Å². The van der Waals surface area contributed by atoms with Gasteiger partial charge in [-0.15, -0.1) is 7.05 Å². The second-order valence-corrected chi connectivity index (χ2v) is 3.39. The number of hydrogen-bond acceptors (Lipinski definition) is 1. The van der Waals surface area contributed by atoms with E-state index in [1.54, 1.807) is 7.05 Å². The molecule has 0 amide bonds. The number of nitrogens with zero attached hydrogens (tertiary/aromatic N) is 2. The summed E-state index contributed by atoms with van der Waals surface area (Å²) in [5.41, 5.74) is 2.09. The van der Waals surface area contributed by atoms with Gasteiger partial charge < -0.3 is 5.32 Å². The summed E-state index contributed by atoms with van der Waals surface area (Å²) in [4.78, 5) is 4.39. The van der Waals surface area contributed by atoms with Crippen LogP contribution in [0.1, 0.15) is 27.7 Å². The van der Waals surface area contributed by atoms with Crippen molar-refractivity contribution in [3.05, 3.63) is 17.1 Å². The van der Waals surface area contributed by atoms with Gasteiger partial charge in [-0.25, -0.2) is 0 Å². The van der Waals surface area contributed by atoms with E-state index in [0.29, 0.717) is 5.92 Å². The normalized spacial score (nSPS) is 13.8. The number of aliphatic imine (C=N–C) groups is 1. The molecule has 0 heterocycles. The molecule has 0 saturated carbocycles. The van der Waals surface area contributed by atoms with E-state index in [4.69, 9.17) is 0 Å². The molecule has 0 aromatic carbocycles. The summed E-state index contributed by atoms with van der Waals surface area (Å²) < 4.78 is 0. The highest BCUT2D eigenvalue weighted by Crippen LogP contribution is 2.00. The van der Waals surface area contributed by atoms with E-state index in [-0.39, 0.29) is 0 Å². The molecule has 2 nitrogen and oxygen atoms in total. The monoisotopic (exact) mass is 167 g/mol. The fourth-order valence-corrected chi connectivity index (χ4v) is 0.739. The van der Waals surface area contributed by atoms with E-state index < -0.39 is 0 Å². The van der Waals surface area contributed by atoms with Crippen molar-refractivity contribution < 1.29 is 0 Å². The maximum atomic E-state index is 4.39. The fourth-order valence-electron chi connectivity index (χ4n) is 0.739. The Kier molecular flexibility index (Phi) is 5.43. The quantitative estimate of drug-likeness (QED) is 0.575. The van der Waals surface area contributed by atoms with E-state index in [1.165, 1.54) is 0 Å². The van der Waals surface area contributed by atoms with Crippen LogP contribution in [0.2, 0.25) is 0 Å². The molecule has 0 saturated heterocycles. The Morgan fingerprint density at radius 1 is 1.42 bits per heavy atom. The highest BCUT2D eigenvalue weighted by Gasteiger charge is 1.89. The minimum absolute atomic E-state index is 0.632. The minimum atomic E-state index is 0.632. The Labute approximate surface area is 75.8 Å². The van der Waals surface area contributed by atoms with Gasteiger partial charge in [0.05, 0.1) is 0 Å². The van der Waals surface area contributed by atoms with Crippen LogP contribution in [0.25, 0.3) is 5.32 Å². The molecule has 0 atom stereocenters. The van der Waals surface area contributed by atoms with Crippen molar-refractivity contribution in [1.82, 2.24) is 0 Å². The van der Waals surface area contributed by atoms with Crippen molar-refractivity contribution >= 4 is 5.71 Å². The van der Waals surface area contributed by atoms with Crippen molar-refractivity contribution in [1.29, 1.82) is 0 Å². The maximum Gasteiger partial charge on any atom is 0.0415 e. The van der Waals surface area contributed by atoms with Crippen LogP contribution >= 0.6 is 0 Å². The lowest BCUT2D eigenvalue weighted by Crippen LogP contribution is -1.96. The first-order valence-electron chi connectivity index (χ1n) is 4.35. The largest absolute Gasteiger partial charge is 0.691 e. The van der Waals surface area contributed by atoms with Gasteiger partial charge in [0, 0.05) is 12.3 Å². The first kappa shape index (κ1) is 11.2. The van der Waals surface area contributed by atoms with Crippen molar-refractivity contribution in [2.45, 2.75) is 27.7 Å². The third-order valence-corrected chi connectivity index (χ3v) is 1.48. The van der Waals surface area contributed by atoms with Crippen LogP contribution in [-0.4, -0.2) is 19.3 Å². The van der Waals surface area contributed by atoms with Crippen molar-refractivity contribution in [3.63, 3.8) is 0 Å². The Morgan fingerprint density at radius 2 is 2.00 bits per heavy atom. The van der Waals surface area contributed by atoms with Gasteiger partial charge in [-0.05, 0) is 12.8 Å². The first-order valence-corrected chi connectivity index (χ1v) is 4.35. The third-order valence-electron chi connectivity index (χ3n) is 1.48. The molecule has 0 spiro atoms. The van der Waals surface area contributed by atoms with Gasteiger partial charge in [0.2, 0.25) is 0 Å². The zero-order valence-electron chi connectivity index (χ0n) is 8.76. The average Bonchev–Trinajstić information content (AvgIpc) is 2.00. The molecule has 0 fully saturated rings. The molecule has 0 aromatic heterocycles. The topological polar surface area (TPSA) is 26.5 Å². The van der Waals surface area contributed by atoms with E-state index in [2.05, 4.69) is 24.2 Å². The lowest BCUT2D eigenvalue weighted by Gasteiger charge is -2.13. The average molecular weight is 167 g/mol. The van der Waals surface area contributed by atoms with Crippen LogP contribution in [0, 0.1) is 5.92 Å². The molecular weight excluding hydrogens is 148 g/mol. The molecule has 70 valence electrons. The fraction of sp³-hybridized carbons (Fsp3) is 0.700. The second kappa shape index (κ2) is 5.81. The smallest absolute Gasteiger partial charge is 0.0415 e. The summed E-state index contributed by atoms with van der Waals surface area (Å²) in [6.45, 7) is 9.22. The molecule has 0 radical (unpaired) electrons. The van der Waals surface area contributed by atoms with Gasteiger partial charge in [-0.2, -0.15) is 5.70 Å². The SMILES string of the molecule is C[N-]/C(C)=C\C(C)=NCC(C)C. The summed E-state index contributed by atoms with van der Waals surface area (Å²) in [6.07, 6.45) is 2.00. The molecule has 0 N–H and O–H groups in total. The third kappa shape index (κ3) is 5.96. The molecule has 0 aliphatic heterocycles. The molecule has 0 aliphatic rings. The van der Waals surface area contributed by atoms with Crippen molar-refractivity contribution in [2.75, 3.05) is 13.6 Å². The van der Waals surface area contributed by atoms with Crippen LogP contribution < -0.4 is 0 Å². The van der Waals surface area contributed by atoms with Gasteiger partial charge in [-0.1, -0.05) is 26.8 Å². The van der Waals surface area contributed by atoms with Crippen molar-refractivity contribution in [3.8, 4) is 0 Å². The van der Waals surface area contributed by atoms with Crippen LogP contribution in [0.15, 0.2) is 16.8 Å². The predicted octanol–water partition coefficient (Wildman–Crippen LogP) is 3.01. The number of rotatable bonds is 4. The van der Waals surface area contributed by atoms with Crippen LogP contribution in [0.3, 0.4) is 0 Å². The summed E-state index contributed by atoms with van der Waals surface area (Å²) in [6, 6.07) is 0. The number of hydrogen-bond donors (Lipinski definition) is 0. The van der Waals surface area contributed by atoms with Crippen LogP contribution in [0.4, 0.5) is 0 Å². The van der Waals surface area contributed by atoms with Gasteiger partial charge in [0.1, 0.15) is 0 Å². The molecule has 2 heteroatoms. The Balaban J connectivity index is 4.01. The lowest BCUT2D eigenvalue weighted by molar-refractivity contribution is 0.666. The molecule has 12 heavy (non-hydrogen) atoms. The summed E-state index contributed by atoms with van der Waals surface area (Å²) >= 11 is 0. The summed E-state index contributed by atoms with van der Waals surface area (Å²) in [7, 11) is 1.79. The highest BCUT2D eigenvalue weighted by molar-refractivity contribution is 5.93. The minimum Gasteiger partial charge on any atom is -0.691 e. The van der Waals surface area contributed by atoms with Gasteiger partial charge >= 0.3 is 0 Å². The van der Waals surface area contributed by atoms with Gasteiger partial charge in [0.15, 0.2) is 0 Å². The first-order chi connectivity index (χ1) is 5.56. The summed E-state index contributed by atoms with van der Waals surface area (Å²) in [5, 5.41) is 4.04. The van der Waals surface area contributed by atoms with E-state index in [0.717, 1.165) is 18.0 Å². The van der Waals surface area contributed by atoms with Gasteiger partial charge in [0.25, 0.3) is 0 Å². The Bertz CT molecular complexity index is 178. The predicted molar refractivity (Wildman–Crippen MR) is 55.9 cm³/mol. The van der Waals surface area contributed by atoms with Gasteiger partial charge in [-0.3, -0.25) is 4.99 Å². The molecule has 0 aromatic rings. The molecule has 0 unspecified atom stereocenters. The Hall–Kier alpha value is -0.790. The molecule has 0 rings (SSSR count). The molecular formula is C10H19N2-. The highest BCUT2D eigenvalue weighted by atomic mass is 14.8. The zero-order chi connectivity index (χ0) is 9.56. The van der Waals surface area contributed by atoms with E-state index >= 15 is 0 Å². The van der Waals surface area contributed by atoms with Crippen LogP contribution in [-0.2, 0) is 0 Å². The number of allylic oxidation sites excluding steroid dienone is 2. The maximum absolute atomic E-state index is 4.39. The molecule has 0 bridgehead atoms. The molecule has 0 aliphatic carbocycles. The zero-order valence-corrected chi connectivity index (χ0v) is 8.76. The van der Waals surface area contributed by atoms with Crippen LogP contribution in [0.5, 0.6) is 0 Å². The van der Waals surface area contributed by atoms with E-state index in [9.17, 15) is 0 Å². The Morgan fingerprint density at radius 3 is 2.42 bits per heavy atom. The standard InChI is InChI=1S/C10H19N2/c1-8(2)7-12-10(4)6-9(3)11-5/h6,8H,7H2,1-5H3/q-1/b9-6-,12-10?. The summed E-state index contributed by atoms with van der Waals surface area (Å²) in [5.74, 6) is 0.632. The lowest BCUT2D eigenvalue weighted by atomic mass is 10.2. The second-order valence-electron chi connectivity index (χ2n) is 3.39.